The molecule has 0 spiro atoms. The molecule has 0 radical (unpaired) electrons. The smallest absolute Gasteiger partial charge is 0.236 e. The maximum Gasteiger partial charge on any atom is 0.236 e. The molecule has 1 aliphatic heterocycles. The molecule has 0 N–H and O–H groups in total. The zero-order valence-electron chi connectivity index (χ0n) is 18.7. The maximum atomic E-state index is 13.6. The van der Waals surface area contributed by atoms with E-state index in [-0.39, 0.29) is 15.8 Å². The Morgan fingerprint density at radius 1 is 0.853 bits per heavy atom. The molecule has 0 aliphatic carbocycles. The Labute approximate surface area is 204 Å². The van der Waals surface area contributed by atoms with Gasteiger partial charge in [0.15, 0.2) is 0 Å². The lowest BCUT2D eigenvalue weighted by Crippen LogP contribution is -2.46. The number of aryl methyl sites for hydroxylation is 1. The Hall–Kier alpha value is -3.29. The molecule has 0 bridgehead atoms. The number of aromatic nitrogens is 1. The number of halogens is 1. The third-order valence-electron chi connectivity index (χ3n) is 5.93. The second-order valence-corrected chi connectivity index (χ2v) is 10.6. The van der Waals surface area contributed by atoms with Gasteiger partial charge in [0.2, 0.25) is 26.6 Å². The van der Waals surface area contributed by atoms with E-state index in [1.165, 1.54) is 0 Å². The van der Waals surface area contributed by atoms with E-state index in [0.717, 1.165) is 16.8 Å². The van der Waals surface area contributed by atoms with Crippen molar-refractivity contribution in [3.05, 3.63) is 89.4 Å². The van der Waals surface area contributed by atoms with E-state index in [2.05, 4.69) is 9.88 Å². The zero-order valence-corrected chi connectivity index (χ0v) is 20.3. The van der Waals surface area contributed by atoms with Crippen LogP contribution in [0.1, 0.15) is 5.56 Å². The van der Waals surface area contributed by atoms with Crippen LogP contribution in [0.4, 0.5) is 11.6 Å². The van der Waals surface area contributed by atoms with E-state index in [9.17, 15) is 8.42 Å². The van der Waals surface area contributed by atoms with Crippen molar-refractivity contribution in [2.45, 2.75) is 16.8 Å². The number of sulfone groups is 1. The van der Waals surface area contributed by atoms with Crippen molar-refractivity contribution in [3.63, 3.8) is 0 Å². The summed E-state index contributed by atoms with van der Waals surface area (Å²) in [7, 11) is -3.87. The second kappa shape index (κ2) is 9.16. The van der Waals surface area contributed by atoms with Gasteiger partial charge in [-0.05, 0) is 49.4 Å². The summed E-state index contributed by atoms with van der Waals surface area (Å²) in [4.78, 5) is 8.87. The van der Waals surface area contributed by atoms with Gasteiger partial charge in [-0.2, -0.15) is 4.98 Å². The predicted molar refractivity (Wildman–Crippen MR) is 134 cm³/mol. The summed E-state index contributed by atoms with van der Waals surface area (Å²) >= 11 is 6.16. The number of hydrogen-bond donors (Lipinski definition) is 0. The molecule has 2 heterocycles. The van der Waals surface area contributed by atoms with Crippen LogP contribution >= 0.6 is 11.6 Å². The van der Waals surface area contributed by atoms with Gasteiger partial charge >= 0.3 is 0 Å². The van der Waals surface area contributed by atoms with Crippen LogP contribution < -0.4 is 9.80 Å². The Balaban J connectivity index is 1.50. The van der Waals surface area contributed by atoms with Crippen molar-refractivity contribution >= 4 is 33.0 Å². The molecular weight excluding hydrogens is 470 g/mol. The van der Waals surface area contributed by atoms with Crippen LogP contribution in [0.5, 0.6) is 0 Å². The molecule has 0 saturated carbocycles. The zero-order chi connectivity index (χ0) is 23.7. The topological polar surface area (TPSA) is 66.7 Å². The molecule has 0 atom stereocenters. The van der Waals surface area contributed by atoms with Crippen LogP contribution in [0.25, 0.3) is 11.5 Å². The van der Waals surface area contributed by atoms with Crippen molar-refractivity contribution in [3.8, 4) is 11.5 Å². The highest BCUT2D eigenvalue weighted by Crippen LogP contribution is 2.35. The lowest BCUT2D eigenvalue weighted by molar-refractivity contribution is 0.525. The molecule has 1 aromatic heterocycles. The van der Waals surface area contributed by atoms with Crippen LogP contribution in [0.15, 0.2) is 93.2 Å². The quantitative estimate of drug-likeness (QED) is 0.367. The van der Waals surface area contributed by atoms with Gasteiger partial charge < -0.3 is 14.2 Å². The van der Waals surface area contributed by atoms with E-state index < -0.39 is 9.84 Å². The highest BCUT2D eigenvalue weighted by Gasteiger charge is 2.33. The van der Waals surface area contributed by atoms with E-state index in [1.54, 1.807) is 24.3 Å². The van der Waals surface area contributed by atoms with E-state index in [4.69, 9.17) is 16.0 Å². The molecule has 1 saturated heterocycles. The molecule has 6 nitrogen and oxygen atoms in total. The molecule has 174 valence electrons. The molecule has 1 aliphatic rings. The average molecular weight is 494 g/mol. The normalized spacial score (nSPS) is 14.4. The van der Waals surface area contributed by atoms with Gasteiger partial charge in [0.25, 0.3) is 0 Å². The Bertz CT molecular complexity index is 1390. The SMILES string of the molecule is Cc1ccc(S(=O)(=O)c2nc(-c3ccccc3)oc2N2CCN(c3cccc(Cl)c3)CC2)cc1. The van der Waals surface area contributed by atoms with Crippen LogP contribution in [-0.4, -0.2) is 39.6 Å². The number of hydrogen-bond acceptors (Lipinski definition) is 6. The lowest BCUT2D eigenvalue weighted by Gasteiger charge is -2.36. The Morgan fingerprint density at radius 3 is 2.21 bits per heavy atom. The maximum absolute atomic E-state index is 13.6. The predicted octanol–water partition coefficient (Wildman–Crippen LogP) is 5.46. The average Bonchev–Trinajstić information content (AvgIpc) is 3.32. The van der Waals surface area contributed by atoms with Crippen molar-refractivity contribution < 1.29 is 12.8 Å². The standard InChI is InChI=1S/C26H24ClN3O3S/c1-19-10-12-23(13-11-19)34(31,32)25-26(33-24(28-25)20-6-3-2-4-7-20)30-16-14-29(15-17-30)22-9-5-8-21(27)18-22/h2-13,18H,14-17H2,1H3. The summed E-state index contributed by atoms with van der Waals surface area (Å²) in [6.07, 6.45) is 0. The lowest BCUT2D eigenvalue weighted by atomic mass is 10.2. The fraction of sp³-hybridized carbons (Fsp3) is 0.192. The fourth-order valence-corrected chi connectivity index (χ4v) is 5.55. The van der Waals surface area contributed by atoms with Gasteiger partial charge in [-0.1, -0.05) is 53.6 Å². The van der Waals surface area contributed by atoms with Gasteiger partial charge in [0.1, 0.15) is 0 Å². The summed E-state index contributed by atoms with van der Waals surface area (Å²) in [5.74, 6) is 0.573. The molecule has 4 aromatic rings. The molecule has 5 rings (SSSR count). The van der Waals surface area contributed by atoms with Gasteiger partial charge in [0, 0.05) is 42.5 Å². The molecule has 3 aromatic carbocycles. The fourth-order valence-electron chi connectivity index (χ4n) is 4.05. The minimum atomic E-state index is -3.87. The summed E-state index contributed by atoms with van der Waals surface area (Å²) in [6, 6.07) is 23.9. The van der Waals surface area contributed by atoms with Gasteiger partial charge in [-0.15, -0.1) is 0 Å². The van der Waals surface area contributed by atoms with Gasteiger partial charge in [-0.3, -0.25) is 0 Å². The summed E-state index contributed by atoms with van der Waals surface area (Å²) < 4.78 is 33.3. The minimum absolute atomic E-state index is 0.0496. The molecular formula is C26H24ClN3O3S. The number of piperazine rings is 1. The summed E-state index contributed by atoms with van der Waals surface area (Å²) in [5.41, 5.74) is 2.76. The first-order chi connectivity index (χ1) is 16.4. The molecule has 0 amide bonds. The number of oxazole rings is 1. The van der Waals surface area contributed by atoms with Crippen molar-refractivity contribution in [1.82, 2.24) is 4.98 Å². The van der Waals surface area contributed by atoms with E-state index in [0.29, 0.717) is 37.1 Å². The molecule has 1 fully saturated rings. The summed E-state index contributed by atoms with van der Waals surface area (Å²) in [5, 5.41) is 0.639. The first-order valence-electron chi connectivity index (χ1n) is 11.1. The molecule has 8 heteroatoms. The second-order valence-electron chi connectivity index (χ2n) is 8.27. The largest absolute Gasteiger partial charge is 0.419 e. The van der Waals surface area contributed by atoms with Crippen molar-refractivity contribution in [1.29, 1.82) is 0 Å². The number of anilines is 2. The van der Waals surface area contributed by atoms with Gasteiger partial charge in [-0.25, -0.2) is 8.42 Å². The van der Waals surface area contributed by atoms with Crippen LogP contribution in [0.2, 0.25) is 5.02 Å². The third kappa shape index (κ3) is 4.41. The number of benzene rings is 3. The van der Waals surface area contributed by atoms with Gasteiger partial charge in [0.05, 0.1) is 4.90 Å². The minimum Gasteiger partial charge on any atom is -0.419 e. The summed E-state index contributed by atoms with van der Waals surface area (Å²) in [6.45, 7) is 4.50. The Kier molecular flexibility index (Phi) is 6.06. The number of rotatable bonds is 5. The van der Waals surface area contributed by atoms with Crippen LogP contribution in [0.3, 0.4) is 0 Å². The van der Waals surface area contributed by atoms with Crippen LogP contribution in [0, 0.1) is 6.92 Å². The van der Waals surface area contributed by atoms with Crippen molar-refractivity contribution in [2.75, 3.05) is 36.0 Å². The highest BCUT2D eigenvalue weighted by atomic mass is 35.5. The Morgan fingerprint density at radius 2 is 1.53 bits per heavy atom. The first kappa shape index (κ1) is 22.5. The monoisotopic (exact) mass is 493 g/mol. The first-order valence-corrected chi connectivity index (χ1v) is 12.9. The number of nitrogens with zero attached hydrogens (tertiary/aromatic N) is 3. The molecule has 34 heavy (non-hydrogen) atoms. The highest BCUT2D eigenvalue weighted by molar-refractivity contribution is 7.91. The van der Waals surface area contributed by atoms with E-state index >= 15 is 0 Å². The molecule has 0 unspecified atom stereocenters. The van der Waals surface area contributed by atoms with E-state index in [1.807, 2.05) is 66.4 Å². The third-order valence-corrected chi connectivity index (χ3v) is 7.83. The van der Waals surface area contributed by atoms with Crippen LogP contribution in [-0.2, 0) is 9.84 Å². The van der Waals surface area contributed by atoms with Crippen molar-refractivity contribution in [2.24, 2.45) is 0 Å².